The van der Waals surface area contributed by atoms with Crippen molar-refractivity contribution in [3.8, 4) is 0 Å². The molecule has 1 rings (SSSR count). The lowest BCUT2D eigenvalue weighted by atomic mass is 10.3. The molecule has 0 bridgehead atoms. The number of aliphatic carboxylic acids is 1. The van der Waals surface area contributed by atoms with Crippen LogP contribution in [0.4, 0.5) is 10.5 Å². The van der Waals surface area contributed by atoms with Gasteiger partial charge in [-0.2, -0.15) is 0 Å². The number of carbonyl (C=O) groups excluding carboxylic acids is 1. The second-order valence-corrected chi connectivity index (χ2v) is 4.59. The molecule has 0 saturated heterocycles. The van der Waals surface area contributed by atoms with Gasteiger partial charge in [0.25, 0.3) is 0 Å². The largest absolute Gasteiger partial charge is 0.480 e. The van der Waals surface area contributed by atoms with Crippen molar-refractivity contribution in [2.24, 2.45) is 0 Å². The van der Waals surface area contributed by atoms with E-state index < -0.39 is 18.0 Å². The lowest BCUT2D eigenvalue weighted by Crippen LogP contribution is -2.42. The normalized spacial score (nSPS) is 11.8. The van der Waals surface area contributed by atoms with E-state index in [2.05, 4.69) is 5.32 Å². The molecule has 2 N–H and O–H groups in total. The van der Waals surface area contributed by atoms with Gasteiger partial charge in [0, 0.05) is 22.8 Å². The molecule has 5 nitrogen and oxygen atoms in total. The highest BCUT2D eigenvalue weighted by Crippen LogP contribution is 2.22. The number of likely N-dealkylation sites (N-methyl/N-ethyl adjacent to an activating group) is 1. The van der Waals surface area contributed by atoms with Crippen molar-refractivity contribution in [3.05, 3.63) is 28.2 Å². The van der Waals surface area contributed by atoms with Crippen LogP contribution >= 0.6 is 23.2 Å². The minimum absolute atomic E-state index is 0.381. The number of anilines is 1. The molecule has 1 unspecified atom stereocenters. The Morgan fingerprint density at radius 3 is 2.22 bits per heavy atom. The number of hydrogen-bond acceptors (Lipinski definition) is 2. The summed E-state index contributed by atoms with van der Waals surface area (Å²) in [5.74, 6) is -1.09. The fourth-order valence-corrected chi connectivity index (χ4v) is 1.71. The average molecular weight is 291 g/mol. The van der Waals surface area contributed by atoms with Crippen molar-refractivity contribution < 1.29 is 14.7 Å². The van der Waals surface area contributed by atoms with E-state index in [1.54, 1.807) is 0 Å². The van der Waals surface area contributed by atoms with E-state index in [-0.39, 0.29) is 0 Å². The monoisotopic (exact) mass is 290 g/mol. The molecule has 0 fully saturated rings. The van der Waals surface area contributed by atoms with E-state index in [1.807, 2.05) is 0 Å². The van der Waals surface area contributed by atoms with Crippen LogP contribution in [0.3, 0.4) is 0 Å². The number of amides is 2. The second kappa shape index (κ2) is 5.93. The van der Waals surface area contributed by atoms with Gasteiger partial charge in [0.05, 0.1) is 0 Å². The van der Waals surface area contributed by atoms with E-state index in [0.717, 1.165) is 4.90 Å². The number of carbonyl (C=O) groups is 2. The Morgan fingerprint density at radius 1 is 1.28 bits per heavy atom. The van der Waals surface area contributed by atoms with Crippen molar-refractivity contribution in [2.75, 3.05) is 12.4 Å². The topological polar surface area (TPSA) is 69.6 Å². The minimum Gasteiger partial charge on any atom is -0.480 e. The zero-order chi connectivity index (χ0) is 13.9. The lowest BCUT2D eigenvalue weighted by molar-refractivity contribution is -0.141. The van der Waals surface area contributed by atoms with Crippen molar-refractivity contribution in [1.82, 2.24) is 4.90 Å². The molecule has 0 heterocycles. The molecule has 0 spiro atoms. The first kappa shape index (κ1) is 14.6. The maximum atomic E-state index is 11.7. The van der Waals surface area contributed by atoms with Gasteiger partial charge in [0.1, 0.15) is 6.04 Å². The molecule has 0 saturated carbocycles. The molecule has 0 aliphatic heterocycles. The predicted octanol–water partition coefficient (Wildman–Crippen LogP) is 2.93. The molecule has 0 aromatic heterocycles. The second-order valence-electron chi connectivity index (χ2n) is 3.71. The van der Waals surface area contributed by atoms with Crippen molar-refractivity contribution in [3.63, 3.8) is 0 Å². The summed E-state index contributed by atoms with van der Waals surface area (Å²) in [4.78, 5) is 23.6. The molecule has 1 aromatic rings. The van der Waals surface area contributed by atoms with Crippen LogP contribution < -0.4 is 5.32 Å². The number of urea groups is 1. The van der Waals surface area contributed by atoms with E-state index >= 15 is 0 Å². The summed E-state index contributed by atoms with van der Waals surface area (Å²) in [6.45, 7) is 1.41. The van der Waals surface area contributed by atoms with Gasteiger partial charge in [-0.15, -0.1) is 0 Å². The van der Waals surface area contributed by atoms with Crippen LogP contribution in [0.25, 0.3) is 0 Å². The molecular formula is C11H12Cl2N2O3. The fourth-order valence-electron chi connectivity index (χ4n) is 1.18. The van der Waals surface area contributed by atoms with Crippen LogP contribution in [0.1, 0.15) is 6.92 Å². The molecule has 1 aromatic carbocycles. The van der Waals surface area contributed by atoms with Gasteiger partial charge in [0.15, 0.2) is 0 Å². The van der Waals surface area contributed by atoms with E-state index in [9.17, 15) is 9.59 Å². The molecular weight excluding hydrogens is 279 g/mol. The highest BCUT2D eigenvalue weighted by atomic mass is 35.5. The zero-order valence-corrected chi connectivity index (χ0v) is 11.3. The standard InChI is InChI=1S/C11H12Cl2N2O3/c1-6(10(16)17)15(2)11(18)14-9-4-7(12)3-8(13)5-9/h3-6H,1-2H3,(H,14,18)(H,16,17). The van der Waals surface area contributed by atoms with Gasteiger partial charge in [-0.3, -0.25) is 0 Å². The summed E-state index contributed by atoms with van der Waals surface area (Å²) < 4.78 is 0. The molecule has 98 valence electrons. The molecule has 7 heteroatoms. The van der Waals surface area contributed by atoms with E-state index in [0.29, 0.717) is 15.7 Å². The predicted molar refractivity (Wildman–Crippen MR) is 70.3 cm³/mol. The maximum Gasteiger partial charge on any atom is 0.326 e. The number of carboxylic acid groups (broad SMARTS) is 1. The van der Waals surface area contributed by atoms with Crippen molar-refractivity contribution >= 4 is 40.9 Å². The molecule has 0 aliphatic carbocycles. The van der Waals surface area contributed by atoms with Crippen LogP contribution in [-0.4, -0.2) is 35.1 Å². The Hall–Kier alpha value is -1.46. The zero-order valence-electron chi connectivity index (χ0n) is 9.78. The number of hydrogen-bond donors (Lipinski definition) is 2. The van der Waals surface area contributed by atoms with E-state index in [1.165, 1.54) is 32.2 Å². The van der Waals surface area contributed by atoms with Crippen LogP contribution in [0.5, 0.6) is 0 Å². The van der Waals surface area contributed by atoms with Crippen molar-refractivity contribution in [2.45, 2.75) is 13.0 Å². The van der Waals surface area contributed by atoms with Gasteiger partial charge >= 0.3 is 12.0 Å². The number of nitrogens with zero attached hydrogens (tertiary/aromatic N) is 1. The highest BCUT2D eigenvalue weighted by Gasteiger charge is 2.21. The van der Waals surface area contributed by atoms with Gasteiger partial charge in [-0.1, -0.05) is 23.2 Å². The van der Waals surface area contributed by atoms with Crippen LogP contribution in [0, 0.1) is 0 Å². The molecule has 0 aliphatic rings. The van der Waals surface area contributed by atoms with Gasteiger partial charge < -0.3 is 15.3 Å². The summed E-state index contributed by atoms with van der Waals surface area (Å²) >= 11 is 11.6. The summed E-state index contributed by atoms with van der Waals surface area (Å²) in [5.41, 5.74) is 0.405. The van der Waals surface area contributed by atoms with Crippen molar-refractivity contribution in [1.29, 1.82) is 0 Å². The first-order valence-corrected chi connectivity index (χ1v) is 5.79. The third-order valence-corrected chi connectivity index (χ3v) is 2.81. The SMILES string of the molecule is CC(C(=O)O)N(C)C(=O)Nc1cc(Cl)cc(Cl)c1. The maximum absolute atomic E-state index is 11.7. The van der Waals surface area contributed by atoms with Gasteiger partial charge in [0.2, 0.25) is 0 Å². The number of benzene rings is 1. The fraction of sp³-hybridized carbons (Fsp3) is 0.273. The minimum atomic E-state index is -1.09. The lowest BCUT2D eigenvalue weighted by Gasteiger charge is -2.21. The molecule has 18 heavy (non-hydrogen) atoms. The Morgan fingerprint density at radius 2 is 1.78 bits per heavy atom. The first-order chi connectivity index (χ1) is 8.31. The number of nitrogens with one attached hydrogen (secondary N) is 1. The highest BCUT2D eigenvalue weighted by molar-refractivity contribution is 6.35. The average Bonchev–Trinajstić information content (AvgIpc) is 2.25. The third-order valence-electron chi connectivity index (χ3n) is 2.37. The number of halogens is 2. The van der Waals surface area contributed by atoms with Crippen LogP contribution in [0.2, 0.25) is 10.0 Å². The summed E-state index contributed by atoms with van der Waals surface area (Å²) in [6.07, 6.45) is 0. The summed E-state index contributed by atoms with van der Waals surface area (Å²) in [5, 5.41) is 12.1. The summed E-state index contributed by atoms with van der Waals surface area (Å²) in [6, 6.07) is 3.08. The first-order valence-electron chi connectivity index (χ1n) is 5.04. The third kappa shape index (κ3) is 3.78. The van der Waals surface area contributed by atoms with Gasteiger partial charge in [-0.25, -0.2) is 9.59 Å². The van der Waals surface area contributed by atoms with Gasteiger partial charge in [-0.05, 0) is 25.1 Å². The van der Waals surface area contributed by atoms with E-state index in [4.69, 9.17) is 28.3 Å². The quantitative estimate of drug-likeness (QED) is 0.899. The molecule has 0 radical (unpaired) electrons. The number of carboxylic acids is 1. The van der Waals surface area contributed by atoms with Crippen LogP contribution in [-0.2, 0) is 4.79 Å². The molecule has 2 amide bonds. The van der Waals surface area contributed by atoms with Crippen LogP contribution in [0.15, 0.2) is 18.2 Å². The Balaban J connectivity index is 2.78. The Kier molecular flexibility index (Phi) is 4.81. The molecule has 1 atom stereocenters. The smallest absolute Gasteiger partial charge is 0.326 e. The summed E-state index contributed by atoms with van der Waals surface area (Å²) in [7, 11) is 1.39. The Labute approximate surface area is 114 Å². The number of rotatable bonds is 3. The Bertz CT molecular complexity index is 459.